The molecule has 21 heavy (non-hydrogen) atoms. The highest BCUT2D eigenvalue weighted by Gasteiger charge is 2.05. The number of nitrogens with zero attached hydrogens (tertiary/aromatic N) is 4. The van der Waals surface area contributed by atoms with E-state index in [1.54, 1.807) is 0 Å². The predicted molar refractivity (Wildman–Crippen MR) is 84.8 cm³/mol. The molecule has 0 spiro atoms. The second-order valence-electron chi connectivity index (χ2n) is 5.11. The standard InChI is InChI=1S/C16H25N5/c1-3-17-12-16-14-21(19-18-16)11-10-20(4-2)13-15-8-6-5-7-9-15/h5-9,14,17H,3-4,10-13H2,1-2H3. The van der Waals surface area contributed by atoms with Crippen LogP contribution in [0.1, 0.15) is 25.1 Å². The van der Waals surface area contributed by atoms with Crippen molar-refractivity contribution in [2.75, 3.05) is 19.6 Å². The van der Waals surface area contributed by atoms with Gasteiger partial charge >= 0.3 is 0 Å². The Bertz CT molecular complexity index is 508. The molecule has 0 aliphatic carbocycles. The van der Waals surface area contributed by atoms with Gasteiger partial charge in [0.25, 0.3) is 0 Å². The van der Waals surface area contributed by atoms with Crippen LogP contribution in [0.3, 0.4) is 0 Å². The van der Waals surface area contributed by atoms with E-state index in [0.29, 0.717) is 0 Å². The van der Waals surface area contributed by atoms with Crippen LogP contribution < -0.4 is 5.32 Å². The van der Waals surface area contributed by atoms with Crippen molar-refractivity contribution in [3.8, 4) is 0 Å². The predicted octanol–water partition coefficient (Wildman–Crippen LogP) is 1.91. The van der Waals surface area contributed by atoms with Gasteiger partial charge in [0.05, 0.1) is 12.2 Å². The normalized spacial score (nSPS) is 11.2. The maximum atomic E-state index is 4.18. The first-order valence-corrected chi connectivity index (χ1v) is 7.67. The van der Waals surface area contributed by atoms with Crippen molar-refractivity contribution in [1.82, 2.24) is 25.2 Å². The first kappa shape index (κ1) is 15.7. The number of benzene rings is 1. The Balaban J connectivity index is 1.81. The molecule has 0 radical (unpaired) electrons. The molecule has 114 valence electrons. The molecule has 0 amide bonds. The van der Waals surface area contributed by atoms with E-state index in [2.05, 4.69) is 64.7 Å². The molecule has 2 aromatic rings. The second kappa shape index (κ2) is 8.54. The summed E-state index contributed by atoms with van der Waals surface area (Å²) in [6.07, 6.45) is 2.03. The van der Waals surface area contributed by atoms with Crippen LogP contribution in [-0.4, -0.2) is 39.5 Å². The minimum absolute atomic E-state index is 0.790. The van der Waals surface area contributed by atoms with Gasteiger partial charge in [0, 0.05) is 25.8 Å². The fourth-order valence-electron chi connectivity index (χ4n) is 2.22. The first-order valence-electron chi connectivity index (χ1n) is 7.67. The molecule has 0 fully saturated rings. The van der Waals surface area contributed by atoms with E-state index in [0.717, 1.165) is 45.0 Å². The summed E-state index contributed by atoms with van der Waals surface area (Å²) in [5, 5.41) is 11.6. The molecule has 0 aliphatic heterocycles. The van der Waals surface area contributed by atoms with Gasteiger partial charge < -0.3 is 5.32 Å². The Hall–Kier alpha value is -1.72. The van der Waals surface area contributed by atoms with Gasteiger partial charge in [-0.3, -0.25) is 9.58 Å². The highest BCUT2D eigenvalue weighted by Crippen LogP contribution is 2.04. The van der Waals surface area contributed by atoms with Gasteiger partial charge in [-0.2, -0.15) is 0 Å². The summed E-state index contributed by atoms with van der Waals surface area (Å²) in [6.45, 7) is 9.90. The molecule has 0 saturated heterocycles. The van der Waals surface area contributed by atoms with E-state index < -0.39 is 0 Å². The summed E-state index contributed by atoms with van der Waals surface area (Å²) in [5.74, 6) is 0. The van der Waals surface area contributed by atoms with Crippen molar-refractivity contribution in [3.63, 3.8) is 0 Å². The van der Waals surface area contributed by atoms with Crippen LogP contribution in [0.5, 0.6) is 0 Å². The Kier molecular flexibility index (Phi) is 6.37. The Morgan fingerprint density at radius 3 is 2.71 bits per heavy atom. The van der Waals surface area contributed by atoms with Crippen molar-refractivity contribution in [2.45, 2.75) is 33.5 Å². The minimum atomic E-state index is 0.790. The fourth-order valence-corrected chi connectivity index (χ4v) is 2.22. The Morgan fingerprint density at radius 1 is 1.19 bits per heavy atom. The third kappa shape index (κ3) is 5.28. The van der Waals surface area contributed by atoms with Crippen molar-refractivity contribution in [2.24, 2.45) is 0 Å². The van der Waals surface area contributed by atoms with Gasteiger partial charge in [-0.1, -0.05) is 49.4 Å². The summed E-state index contributed by atoms with van der Waals surface area (Å²) in [5.41, 5.74) is 2.36. The molecular weight excluding hydrogens is 262 g/mol. The topological polar surface area (TPSA) is 46.0 Å². The van der Waals surface area contributed by atoms with Crippen molar-refractivity contribution >= 4 is 0 Å². The average Bonchev–Trinajstić information content (AvgIpc) is 2.98. The summed E-state index contributed by atoms with van der Waals surface area (Å²) in [7, 11) is 0. The molecule has 0 bridgehead atoms. The van der Waals surface area contributed by atoms with Crippen LogP contribution in [0.25, 0.3) is 0 Å². The zero-order valence-corrected chi connectivity index (χ0v) is 13.0. The summed E-state index contributed by atoms with van der Waals surface area (Å²) in [4.78, 5) is 2.42. The molecule has 0 saturated carbocycles. The quantitative estimate of drug-likeness (QED) is 0.765. The van der Waals surface area contributed by atoms with Crippen LogP contribution in [0, 0.1) is 0 Å². The molecule has 0 aliphatic rings. The lowest BCUT2D eigenvalue weighted by molar-refractivity contribution is 0.262. The smallest absolute Gasteiger partial charge is 0.0964 e. The average molecular weight is 287 g/mol. The minimum Gasteiger partial charge on any atom is -0.311 e. The lowest BCUT2D eigenvalue weighted by Crippen LogP contribution is -2.27. The Labute approximate surface area is 127 Å². The van der Waals surface area contributed by atoms with Crippen molar-refractivity contribution in [3.05, 3.63) is 47.8 Å². The lowest BCUT2D eigenvalue weighted by Gasteiger charge is -2.20. The number of nitrogens with one attached hydrogen (secondary N) is 1. The van der Waals surface area contributed by atoms with Crippen LogP contribution in [0.15, 0.2) is 36.5 Å². The number of hydrogen-bond donors (Lipinski definition) is 1. The zero-order valence-electron chi connectivity index (χ0n) is 13.0. The molecule has 1 aromatic heterocycles. The molecule has 1 aromatic carbocycles. The van der Waals surface area contributed by atoms with Crippen LogP contribution in [0.4, 0.5) is 0 Å². The largest absolute Gasteiger partial charge is 0.311 e. The van der Waals surface area contributed by atoms with E-state index >= 15 is 0 Å². The summed E-state index contributed by atoms with van der Waals surface area (Å²) < 4.78 is 1.93. The van der Waals surface area contributed by atoms with E-state index in [1.807, 2.05) is 10.9 Å². The fraction of sp³-hybridized carbons (Fsp3) is 0.500. The monoisotopic (exact) mass is 287 g/mol. The van der Waals surface area contributed by atoms with Crippen LogP contribution in [-0.2, 0) is 19.6 Å². The van der Waals surface area contributed by atoms with E-state index in [-0.39, 0.29) is 0 Å². The molecule has 0 unspecified atom stereocenters. The highest BCUT2D eigenvalue weighted by atomic mass is 15.4. The van der Waals surface area contributed by atoms with E-state index in [9.17, 15) is 0 Å². The van der Waals surface area contributed by atoms with E-state index in [1.165, 1.54) is 5.56 Å². The second-order valence-corrected chi connectivity index (χ2v) is 5.11. The van der Waals surface area contributed by atoms with Crippen LogP contribution in [0.2, 0.25) is 0 Å². The maximum absolute atomic E-state index is 4.18. The van der Waals surface area contributed by atoms with Gasteiger partial charge in [0.15, 0.2) is 0 Å². The molecule has 0 atom stereocenters. The number of aromatic nitrogens is 3. The van der Waals surface area contributed by atoms with Gasteiger partial charge in [-0.25, -0.2) is 0 Å². The maximum Gasteiger partial charge on any atom is 0.0964 e. The molecule has 1 heterocycles. The number of likely N-dealkylation sites (N-methyl/N-ethyl adjacent to an activating group) is 1. The van der Waals surface area contributed by atoms with E-state index in [4.69, 9.17) is 0 Å². The van der Waals surface area contributed by atoms with Gasteiger partial charge in [0.2, 0.25) is 0 Å². The van der Waals surface area contributed by atoms with Crippen molar-refractivity contribution in [1.29, 1.82) is 0 Å². The molecule has 1 N–H and O–H groups in total. The first-order chi connectivity index (χ1) is 10.3. The summed E-state index contributed by atoms with van der Waals surface area (Å²) >= 11 is 0. The molecular formula is C16H25N5. The Morgan fingerprint density at radius 2 is 2.00 bits per heavy atom. The van der Waals surface area contributed by atoms with Gasteiger partial charge in [-0.05, 0) is 18.7 Å². The van der Waals surface area contributed by atoms with Gasteiger partial charge in [0.1, 0.15) is 0 Å². The van der Waals surface area contributed by atoms with Gasteiger partial charge in [-0.15, -0.1) is 5.10 Å². The number of rotatable bonds is 9. The summed E-state index contributed by atoms with van der Waals surface area (Å²) in [6, 6.07) is 10.6. The zero-order chi connectivity index (χ0) is 14.9. The van der Waals surface area contributed by atoms with Crippen LogP contribution >= 0.6 is 0 Å². The molecule has 5 heteroatoms. The molecule has 5 nitrogen and oxygen atoms in total. The number of hydrogen-bond acceptors (Lipinski definition) is 4. The SMILES string of the molecule is CCNCc1cn(CCN(CC)Cc2ccccc2)nn1. The lowest BCUT2D eigenvalue weighted by atomic mass is 10.2. The third-order valence-electron chi connectivity index (χ3n) is 3.48. The highest BCUT2D eigenvalue weighted by molar-refractivity contribution is 5.14. The third-order valence-corrected chi connectivity index (χ3v) is 3.48. The van der Waals surface area contributed by atoms with Crippen molar-refractivity contribution < 1.29 is 0 Å². The molecule has 2 rings (SSSR count).